The minimum Gasteiger partial charge on any atom is -0.491 e. The van der Waals surface area contributed by atoms with Crippen LogP contribution in [0, 0.1) is 5.82 Å². The molecule has 1 unspecified atom stereocenters. The third-order valence-electron chi connectivity index (χ3n) is 8.61. The maximum Gasteiger partial charge on any atom is 0.258 e. The fourth-order valence-electron chi connectivity index (χ4n) is 6.63. The number of ether oxygens (including phenoxy) is 3. The molecule has 3 saturated heterocycles. The van der Waals surface area contributed by atoms with Crippen LogP contribution in [0.2, 0.25) is 0 Å². The molecular weight excluding hydrogens is 485 g/mol. The average molecular weight is 524 g/mol. The first-order valence-corrected chi connectivity index (χ1v) is 14.1. The summed E-state index contributed by atoms with van der Waals surface area (Å²) in [6.07, 6.45) is 6.36. The average Bonchev–Trinajstić information content (AvgIpc) is 3.70. The number of benzene rings is 2. The van der Waals surface area contributed by atoms with E-state index >= 15 is 4.39 Å². The minimum atomic E-state index is -0.269. The van der Waals surface area contributed by atoms with Crippen molar-refractivity contribution in [3.05, 3.63) is 53.3 Å². The van der Waals surface area contributed by atoms with Crippen LogP contribution in [-0.4, -0.2) is 82.1 Å². The number of fused-ring (bicyclic) bond motifs is 1. The summed E-state index contributed by atoms with van der Waals surface area (Å²) in [6.45, 7) is 5.37. The standard InChI is InChI=1S/C30H38FN3O4/c1-36-19-24-4-2-12-33(24)23-11-13-32(18-23)29-9-6-22(17-28(29)31)34-14-10-21-16-25(7-8-27(21)30(34)35)38-20-26-5-3-15-37-26/h6-9,16-17,23-24,26H,2-5,10-15,18-20H2,1H3/t23?,24-,26-/m0/s1. The van der Waals surface area contributed by atoms with Crippen molar-refractivity contribution in [2.24, 2.45) is 0 Å². The van der Waals surface area contributed by atoms with Crippen LogP contribution in [0.15, 0.2) is 36.4 Å². The van der Waals surface area contributed by atoms with Gasteiger partial charge in [-0.1, -0.05) is 0 Å². The van der Waals surface area contributed by atoms with Gasteiger partial charge in [-0.25, -0.2) is 4.39 Å². The summed E-state index contributed by atoms with van der Waals surface area (Å²) < 4.78 is 32.4. The molecule has 38 heavy (non-hydrogen) atoms. The van der Waals surface area contributed by atoms with Crippen molar-refractivity contribution in [3.8, 4) is 5.75 Å². The Morgan fingerprint density at radius 1 is 1.03 bits per heavy atom. The molecule has 7 nitrogen and oxygen atoms in total. The second kappa shape index (κ2) is 11.2. The fourth-order valence-corrected chi connectivity index (χ4v) is 6.63. The summed E-state index contributed by atoms with van der Waals surface area (Å²) in [5.74, 6) is 0.403. The normalized spacial score (nSPS) is 25.8. The molecule has 8 heteroatoms. The SMILES string of the molecule is COC[C@@H]1CCCN1C1CCN(c2ccc(N3CCc4cc(OC[C@@H]5CCCO5)ccc4C3=O)cc2F)C1. The zero-order valence-corrected chi connectivity index (χ0v) is 22.2. The van der Waals surface area contributed by atoms with Gasteiger partial charge >= 0.3 is 0 Å². The maximum absolute atomic E-state index is 15.4. The Morgan fingerprint density at radius 2 is 1.95 bits per heavy atom. The topological polar surface area (TPSA) is 54.5 Å². The van der Waals surface area contributed by atoms with E-state index < -0.39 is 0 Å². The molecule has 0 aromatic heterocycles. The lowest BCUT2D eigenvalue weighted by molar-refractivity contribution is 0.0679. The first-order chi connectivity index (χ1) is 18.6. The summed E-state index contributed by atoms with van der Waals surface area (Å²) in [6, 6.07) is 11.8. The number of rotatable bonds is 8. The lowest BCUT2D eigenvalue weighted by Crippen LogP contribution is -2.42. The van der Waals surface area contributed by atoms with Crippen LogP contribution >= 0.6 is 0 Å². The number of amides is 1. The Balaban J connectivity index is 1.10. The smallest absolute Gasteiger partial charge is 0.258 e. The number of carbonyl (C=O) groups excluding carboxylic acids is 1. The number of likely N-dealkylation sites (tertiary alicyclic amines) is 1. The second-order valence-electron chi connectivity index (χ2n) is 11.0. The first kappa shape index (κ1) is 25.6. The van der Waals surface area contributed by atoms with Gasteiger partial charge in [0.1, 0.15) is 18.2 Å². The molecule has 6 rings (SSSR count). The highest BCUT2D eigenvalue weighted by molar-refractivity contribution is 6.08. The van der Waals surface area contributed by atoms with Crippen molar-refractivity contribution in [1.29, 1.82) is 0 Å². The molecule has 4 heterocycles. The number of nitrogens with zero attached hydrogens (tertiary/aromatic N) is 3. The molecule has 0 N–H and O–H groups in total. The van der Waals surface area contributed by atoms with Gasteiger partial charge in [-0.2, -0.15) is 0 Å². The van der Waals surface area contributed by atoms with Crippen LogP contribution in [0.4, 0.5) is 15.8 Å². The number of hydrogen-bond donors (Lipinski definition) is 0. The molecule has 0 spiro atoms. The monoisotopic (exact) mass is 523 g/mol. The lowest BCUT2D eigenvalue weighted by atomic mass is 9.98. The van der Waals surface area contributed by atoms with Crippen molar-refractivity contribution in [2.45, 2.75) is 56.7 Å². The van der Waals surface area contributed by atoms with Crippen molar-refractivity contribution >= 4 is 17.3 Å². The number of methoxy groups -OCH3 is 1. The molecular formula is C30H38FN3O4. The van der Waals surface area contributed by atoms with E-state index in [1.807, 2.05) is 30.3 Å². The molecule has 1 amide bonds. The number of anilines is 2. The highest BCUT2D eigenvalue weighted by atomic mass is 19.1. The lowest BCUT2D eigenvalue weighted by Gasteiger charge is -2.31. The molecule has 0 bridgehead atoms. The third-order valence-corrected chi connectivity index (χ3v) is 8.61. The van der Waals surface area contributed by atoms with Gasteiger partial charge in [0.25, 0.3) is 5.91 Å². The van der Waals surface area contributed by atoms with E-state index in [4.69, 9.17) is 14.2 Å². The Bertz CT molecular complexity index is 1150. The summed E-state index contributed by atoms with van der Waals surface area (Å²) in [4.78, 5) is 19.7. The zero-order chi connectivity index (χ0) is 26.1. The van der Waals surface area contributed by atoms with E-state index in [0.29, 0.717) is 48.6 Å². The molecule has 0 aliphatic carbocycles. The Labute approximate surface area is 224 Å². The quantitative estimate of drug-likeness (QED) is 0.515. The van der Waals surface area contributed by atoms with E-state index in [9.17, 15) is 4.79 Å². The second-order valence-corrected chi connectivity index (χ2v) is 11.0. The summed E-state index contributed by atoms with van der Waals surface area (Å²) in [5.41, 5.74) is 2.86. The molecule has 3 atom stereocenters. The van der Waals surface area contributed by atoms with Gasteiger partial charge in [0.15, 0.2) is 0 Å². The molecule has 3 fully saturated rings. The van der Waals surface area contributed by atoms with Gasteiger partial charge in [0.05, 0.1) is 18.4 Å². The van der Waals surface area contributed by atoms with E-state index in [0.717, 1.165) is 63.4 Å². The van der Waals surface area contributed by atoms with Gasteiger partial charge in [0.2, 0.25) is 0 Å². The van der Waals surface area contributed by atoms with Crippen molar-refractivity contribution in [1.82, 2.24) is 4.90 Å². The van der Waals surface area contributed by atoms with E-state index in [1.54, 1.807) is 12.0 Å². The third kappa shape index (κ3) is 5.14. The molecule has 2 aromatic rings. The molecule has 204 valence electrons. The number of halogens is 1. The summed E-state index contributed by atoms with van der Waals surface area (Å²) in [7, 11) is 1.76. The van der Waals surface area contributed by atoms with E-state index in [-0.39, 0.29) is 17.8 Å². The van der Waals surface area contributed by atoms with Gasteiger partial charge in [-0.15, -0.1) is 0 Å². The Kier molecular flexibility index (Phi) is 7.54. The van der Waals surface area contributed by atoms with Crippen LogP contribution in [0.1, 0.15) is 48.0 Å². The molecule has 0 saturated carbocycles. The van der Waals surface area contributed by atoms with Gasteiger partial charge < -0.3 is 24.0 Å². The fraction of sp³-hybridized carbons (Fsp3) is 0.567. The number of hydrogen-bond acceptors (Lipinski definition) is 6. The highest BCUT2D eigenvalue weighted by Gasteiger charge is 2.36. The predicted octanol–water partition coefficient (Wildman–Crippen LogP) is 4.28. The van der Waals surface area contributed by atoms with Gasteiger partial charge in [-0.3, -0.25) is 9.69 Å². The molecule has 4 aliphatic heterocycles. The molecule has 2 aromatic carbocycles. The van der Waals surface area contributed by atoms with Crippen molar-refractivity contribution in [2.75, 3.05) is 62.9 Å². The Hall–Kier alpha value is -2.68. The van der Waals surface area contributed by atoms with Gasteiger partial charge in [-0.05, 0) is 87.0 Å². The van der Waals surface area contributed by atoms with Crippen LogP contribution in [0.5, 0.6) is 5.75 Å². The minimum absolute atomic E-state index is 0.0940. The van der Waals surface area contributed by atoms with E-state index in [2.05, 4.69) is 9.80 Å². The summed E-state index contributed by atoms with van der Waals surface area (Å²) in [5, 5.41) is 0. The van der Waals surface area contributed by atoms with Crippen LogP contribution in [-0.2, 0) is 15.9 Å². The van der Waals surface area contributed by atoms with Crippen molar-refractivity contribution < 1.29 is 23.4 Å². The first-order valence-electron chi connectivity index (χ1n) is 14.1. The van der Waals surface area contributed by atoms with Gasteiger partial charge in [0, 0.05) is 56.7 Å². The predicted molar refractivity (Wildman–Crippen MR) is 145 cm³/mol. The molecule has 4 aliphatic rings. The van der Waals surface area contributed by atoms with Crippen molar-refractivity contribution in [3.63, 3.8) is 0 Å². The van der Waals surface area contributed by atoms with Crippen LogP contribution < -0.4 is 14.5 Å². The highest BCUT2D eigenvalue weighted by Crippen LogP contribution is 2.33. The van der Waals surface area contributed by atoms with Crippen LogP contribution in [0.3, 0.4) is 0 Å². The van der Waals surface area contributed by atoms with Crippen LogP contribution in [0.25, 0.3) is 0 Å². The molecule has 0 radical (unpaired) electrons. The summed E-state index contributed by atoms with van der Waals surface area (Å²) >= 11 is 0. The zero-order valence-electron chi connectivity index (χ0n) is 22.2. The van der Waals surface area contributed by atoms with E-state index in [1.165, 1.54) is 18.9 Å². The largest absolute Gasteiger partial charge is 0.491 e. The number of carbonyl (C=O) groups is 1. The Morgan fingerprint density at radius 3 is 2.76 bits per heavy atom. The maximum atomic E-state index is 15.4.